The van der Waals surface area contributed by atoms with Crippen LogP contribution < -0.4 is 5.73 Å². The molecular formula is C8H12N2O. The lowest BCUT2D eigenvalue weighted by atomic mass is 10.0. The van der Waals surface area contributed by atoms with Crippen molar-refractivity contribution in [3.8, 4) is 0 Å². The second-order valence-corrected chi connectivity index (χ2v) is 2.98. The fourth-order valence-electron chi connectivity index (χ4n) is 1.72. The first-order valence-corrected chi connectivity index (χ1v) is 4.04. The zero-order chi connectivity index (χ0) is 7.68. The van der Waals surface area contributed by atoms with Crippen LogP contribution in [-0.2, 0) is 6.42 Å². The van der Waals surface area contributed by atoms with Crippen molar-refractivity contribution >= 4 is 0 Å². The van der Waals surface area contributed by atoms with E-state index in [-0.39, 0.29) is 0 Å². The number of oxazole rings is 1. The maximum atomic E-state index is 5.47. The second kappa shape index (κ2) is 2.66. The van der Waals surface area contributed by atoms with Crippen LogP contribution in [-0.4, -0.2) is 11.5 Å². The van der Waals surface area contributed by atoms with Gasteiger partial charge in [0.05, 0.1) is 5.69 Å². The first-order chi connectivity index (χ1) is 5.42. The second-order valence-electron chi connectivity index (χ2n) is 2.98. The highest BCUT2D eigenvalue weighted by molar-refractivity contribution is 5.19. The Bertz CT molecular complexity index is 244. The zero-order valence-corrected chi connectivity index (χ0v) is 6.42. The summed E-state index contributed by atoms with van der Waals surface area (Å²) in [6, 6.07) is 0. The van der Waals surface area contributed by atoms with E-state index >= 15 is 0 Å². The van der Waals surface area contributed by atoms with Crippen molar-refractivity contribution in [2.75, 3.05) is 6.54 Å². The minimum Gasteiger partial charge on any atom is -0.448 e. The van der Waals surface area contributed by atoms with Crippen LogP contribution in [0.5, 0.6) is 0 Å². The fourth-order valence-corrected chi connectivity index (χ4v) is 1.72. The van der Waals surface area contributed by atoms with Crippen molar-refractivity contribution in [2.45, 2.75) is 25.2 Å². The lowest BCUT2D eigenvalue weighted by molar-refractivity contribution is 0.450. The average Bonchev–Trinajstić information content (AvgIpc) is 2.53. The van der Waals surface area contributed by atoms with Gasteiger partial charge in [0.25, 0.3) is 0 Å². The highest BCUT2D eigenvalue weighted by Crippen LogP contribution is 2.33. The lowest BCUT2D eigenvalue weighted by Crippen LogP contribution is -2.04. The summed E-state index contributed by atoms with van der Waals surface area (Å²) >= 11 is 0. The summed E-state index contributed by atoms with van der Waals surface area (Å²) < 4.78 is 5.27. The number of hydrogen-bond acceptors (Lipinski definition) is 3. The van der Waals surface area contributed by atoms with Crippen LogP contribution in [0.2, 0.25) is 0 Å². The van der Waals surface area contributed by atoms with E-state index in [4.69, 9.17) is 10.2 Å². The van der Waals surface area contributed by atoms with E-state index in [2.05, 4.69) is 4.98 Å². The molecule has 0 spiro atoms. The minimum atomic E-state index is 0.539. The quantitative estimate of drug-likeness (QED) is 0.689. The summed E-state index contributed by atoms with van der Waals surface area (Å²) in [7, 11) is 0. The molecule has 1 aromatic rings. The van der Waals surface area contributed by atoms with Crippen LogP contribution in [0.4, 0.5) is 0 Å². The van der Waals surface area contributed by atoms with Gasteiger partial charge in [0.1, 0.15) is 5.76 Å². The van der Waals surface area contributed by atoms with Crippen LogP contribution in [0.1, 0.15) is 30.2 Å². The molecule has 1 aliphatic rings. The topological polar surface area (TPSA) is 52.0 Å². The Kier molecular flexibility index (Phi) is 1.66. The predicted molar refractivity (Wildman–Crippen MR) is 41.2 cm³/mol. The standard InChI is InChI=1S/C8H12N2O/c9-4-3-6-1-2-7-8(6)11-5-10-7/h5-6H,1-4,9H2. The third kappa shape index (κ3) is 1.05. The third-order valence-electron chi connectivity index (χ3n) is 2.29. The normalized spacial score (nSPS) is 22.1. The van der Waals surface area contributed by atoms with Gasteiger partial charge in [-0.05, 0) is 25.8 Å². The maximum Gasteiger partial charge on any atom is 0.181 e. The molecule has 0 aliphatic heterocycles. The fraction of sp³-hybridized carbons (Fsp3) is 0.625. The molecule has 60 valence electrons. The summed E-state index contributed by atoms with van der Waals surface area (Å²) in [5, 5.41) is 0. The van der Waals surface area contributed by atoms with E-state index in [9.17, 15) is 0 Å². The highest BCUT2D eigenvalue weighted by Gasteiger charge is 2.25. The van der Waals surface area contributed by atoms with Gasteiger partial charge in [0.15, 0.2) is 6.39 Å². The van der Waals surface area contributed by atoms with E-state index in [1.165, 1.54) is 12.8 Å². The molecule has 0 fully saturated rings. The Morgan fingerprint density at radius 1 is 1.73 bits per heavy atom. The molecule has 1 aliphatic carbocycles. The van der Waals surface area contributed by atoms with E-state index in [0.29, 0.717) is 5.92 Å². The molecule has 2 rings (SSSR count). The Morgan fingerprint density at radius 3 is 3.45 bits per heavy atom. The van der Waals surface area contributed by atoms with Crippen LogP contribution >= 0.6 is 0 Å². The smallest absolute Gasteiger partial charge is 0.181 e. The van der Waals surface area contributed by atoms with Crippen molar-refractivity contribution in [1.29, 1.82) is 0 Å². The Labute approximate surface area is 65.6 Å². The van der Waals surface area contributed by atoms with Crippen molar-refractivity contribution in [3.63, 3.8) is 0 Å². The first kappa shape index (κ1) is 6.85. The van der Waals surface area contributed by atoms with E-state index < -0.39 is 0 Å². The molecule has 0 saturated carbocycles. The Hall–Kier alpha value is -0.830. The zero-order valence-electron chi connectivity index (χ0n) is 6.42. The van der Waals surface area contributed by atoms with Crippen molar-refractivity contribution in [3.05, 3.63) is 17.8 Å². The summed E-state index contributed by atoms with van der Waals surface area (Å²) in [5.41, 5.74) is 6.61. The number of nitrogens with two attached hydrogens (primary N) is 1. The summed E-state index contributed by atoms with van der Waals surface area (Å²) in [4.78, 5) is 4.12. The summed E-state index contributed by atoms with van der Waals surface area (Å²) in [6.07, 6.45) is 4.80. The van der Waals surface area contributed by atoms with Gasteiger partial charge in [-0.15, -0.1) is 0 Å². The maximum absolute atomic E-state index is 5.47. The minimum absolute atomic E-state index is 0.539. The molecule has 1 atom stereocenters. The third-order valence-corrected chi connectivity index (χ3v) is 2.29. The molecular weight excluding hydrogens is 140 g/mol. The van der Waals surface area contributed by atoms with Gasteiger partial charge in [0, 0.05) is 5.92 Å². The SMILES string of the molecule is NCCC1CCc2ncoc21. The highest BCUT2D eigenvalue weighted by atomic mass is 16.3. The van der Waals surface area contributed by atoms with Crippen molar-refractivity contribution in [2.24, 2.45) is 5.73 Å². The number of fused-ring (bicyclic) bond motifs is 1. The van der Waals surface area contributed by atoms with Gasteiger partial charge in [-0.25, -0.2) is 4.98 Å². The molecule has 1 unspecified atom stereocenters. The molecule has 0 radical (unpaired) electrons. The molecule has 0 bridgehead atoms. The molecule has 11 heavy (non-hydrogen) atoms. The number of aromatic nitrogens is 1. The molecule has 1 heterocycles. The van der Waals surface area contributed by atoms with Gasteiger partial charge >= 0.3 is 0 Å². The van der Waals surface area contributed by atoms with Gasteiger partial charge in [-0.3, -0.25) is 0 Å². The van der Waals surface area contributed by atoms with Crippen LogP contribution in [0, 0.1) is 0 Å². The largest absolute Gasteiger partial charge is 0.448 e. The first-order valence-electron chi connectivity index (χ1n) is 4.04. The predicted octanol–water partition coefficient (Wildman–Crippen LogP) is 1.05. The molecule has 3 heteroatoms. The van der Waals surface area contributed by atoms with Crippen molar-refractivity contribution < 1.29 is 4.42 Å². The van der Waals surface area contributed by atoms with Gasteiger partial charge in [-0.1, -0.05) is 0 Å². The number of aryl methyl sites for hydroxylation is 1. The number of hydrogen-bond donors (Lipinski definition) is 1. The van der Waals surface area contributed by atoms with Crippen LogP contribution in [0.15, 0.2) is 10.8 Å². The lowest BCUT2D eigenvalue weighted by Gasteiger charge is -2.04. The summed E-state index contributed by atoms with van der Waals surface area (Å²) in [6.45, 7) is 0.741. The molecule has 0 saturated heterocycles. The number of nitrogens with zero attached hydrogens (tertiary/aromatic N) is 1. The molecule has 3 nitrogen and oxygen atoms in total. The molecule has 1 aromatic heterocycles. The molecule has 0 amide bonds. The molecule has 2 N–H and O–H groups in total. The monoisotopic (exact) mass is 152 g/mol. The molecule has 0 aromatic carbocycles. The number of rotatable bonds is 2. The van der Waals surface area contributed by atoms with Crippen LogP contribution in [0.25, 0.3) is 0 Å². The van der Waals surface area contributed by atoms with E-state index in [1.807, 2.05) is 0 Å². The van der Waals surface area contributed by atoms with Gasteiger partial charge in [0.2, 0.25) is 0 Å². The Morgan fingerprint density at radius 2 is 2.64 bits per heavy atom. The van der Waals surface area contributed by atoms with Gasteiger partial charge in [-0.2, -0.15) is 0 Å². The van der Waals surface area contributed by atoms with Crippen molar-refractivity contribution in [1.82, 2.24) is 4.98 Å². The average molecular weight is 152 g/mol. The van der Waals surface area contributed by atoms with Gasteiger partial charge < -0.3 is 10.2 Å². The Balaban J connectivity index is 2.18. The summed E-state index contributed by atoms with van der Waals surface area (Å²) in [5.74, 6) is 1.62. The van der Waals surface area contributed by atoms with E-state index in [1.54, 1.807) is 0 Å². The van der Waals surface area contributed by atoms with E-state index in [0.717, 1.165) is 30.8 Å². The van der Waals surface area contributed by atoms with Crippen LogP contribution in [0.3, 0.4) is 0 Å².